The Morgan fingerprint density at radius 2 is 0.600 bits per heavy atom. The molecule has 0 fully saturated rings. The smallest absolute Gasteiger partial charge is 1.00 e. The molecule has 0 aromatic carbocycles. The SMILES string of the molecule is [I-].[I-].[OH-].[OH-].[Ti+4]. The maximum Gasteiger partial charge on any atom is 4.00 e. The predicted molar refractivity (Wildman–Crippen MR) is 3.87 cm³/mol. The standard InChI is InChI=1S/2HI.2H2O.Ti/h2*1H;2*1H2;/q;;;;+4/p-4. The molecule has 0 aliphatic rings. The molecule has 0 amide bonds. The maximum atomic E-state index is 0. The van der Waals surface area contributed by atoms with Gasteiger partial charge in [-0.1, -0.05) is 0 Å². The second kappa shape index (κ2) is 36.1. The molecule has 0 spiro atoms. The van der Waals surface area contributed by atoms with E-state index in [1.54, 1.807) is 0 Å². The van der Waals surface area contributed by atoms with Gasteiger partial charge in [-0.3, -0.25) is 0 Å². The molecule has 0 aliphatic carbocycles. The molecule has 0 aliphatic heterocycles. The van der Waals surface area contributed by atoms with Crippen LogP contribution >= 0.6 is 0 Å². The summed E-state index contributed by atoms with van der Waals surface area (Å²) >= 11 is 0. The average molecular weight is 336 g/mol. The molecule has 5 heavy (non-hydrogen) atoms. The van der Waals surface area contributed by atoms with Crippen molar-refractivity contribution in [2.24, 2.45) is 0 Å². The minimum Gasteiger partial charge on any atom is -1.00 e. The van der Waals surface area contributed by atoms with E-state index in [2.05, 4.69) is 0 Å². The Labute approximate surface area is 79.6 Å². The first-order valence-electron chi connectivity index (χ1n) is 0. The van der Waals surface area contributed by atoms with Gasteiger partial charge < -0.3 is 58.9 Å². The normalized spacial score (nSPS) is 0. The Balaban J connectivity index is 0. The molecule has 5 heteroatoms. The zero-order valence-corrected chi connectivity index (χ0v) is 8.03. The Bertz CT molecular complexity index is 7.61. The van der Waals surface area contributed by atoms with E-state index in [1.165, 1.54) is 0 Å². The van der Waals surface area contributed by atoms with Gasteiger partial charge in [-0.05, 0) is 0 Å². The molecule has 2 N–H and O–H groups in total. The van der Waals surface area contributed by atoms with Crippen LogP contribution in [0.1, 0.15) is 0 Å². The predicted octanol–water partition coefficient (Wildman–Crippen LogP) is -6.35. The summed E-state index contributed by atoms with van der Waals surface area (Å²) < 4.78 is 0. The molecule has 32 valence electrons. The van der Waals surface area contributed by atoms with Crippen molar-refractivity contribution in [2.45, 2.75) is 0 Å². The fraction of sp³-hybridized carbons (Fsp3) is 0. The van der Waals surface area contributed by atoms with Crippen LogP contribution in [-0.4, -0.2) is 11.0 Å². The van der Waals surface area contributed by atoms with E-state index in [1.807, 2.05) is 0 Å². The van der Waals surface area contributed by atoms with Crippen molar-refractivity contribution in [2.75, 3.05) is 0 Å². The van der Waals surface area contributed by atoms with Crippen LogP contribution < -0.4 is 48.0 Å². The van der Waals surface area contributed by atoms with E-state index < -0.39 is 0 Å². The Hall–Kier alpha value is 2.09. The zero-order chi connectivity index (χ0) is 0. The fourth-order valence-electron chi connectivity index (χ4n) is 0. The van der Waals surface area contributed by atoms with Gasteiger partial charge in [-0.2, -0.15) is 0 Å². The second-order valence-corrected chi connectivity index (χ2v) is 0. The van der Waals surface area contributed by atoms with E-state index in [9.17, 15) is 0 Å². The Morgan fingerprint density at radius 3 is 0.600 bits per heavy atom. The van der Waals surface area contributed by atoms with Crippen LogP contribution in [-0.2, 0) is 21.7 Å². The summed E-state index contributed by atoms with van der Waals surface area (Å²) in [7, 11) is 0. The van der Waals surface area contributed by atoms with Crippen molar-refractivity contribution in [3.8, 4) is 0 Å². The van der Waals surface area contributed by atoms with Gasteiger partial charge in [-0.15, -0.1) is 0 Å². The van der Waals surface area contributed by atoms with Crippen molar-refractivity contribution in [3.63, 3.8) is 0 Å². The van der Waals surface area contributed by atoms with Gasteiger partial charge in [0.05, 0.1) is 0 Å². The third-order valence-corrected chi connectivity index (χ3v) is 0. The van der Waals surface area contributed by atoms with Crippen LogP contribution in [0.25, 0.3) is 0 Å². The van der Waals surface area contributed by atoms with E-state index >= 15 is 0 Å². The van der Waals surface area contributed by atoms with Gasteiger partial charge in [0, 0.05) is 0 Å². The van der Waals surface area contributed by atoms with Crippen molar-refractivity contribution < 1.29 is 80.6 Å². The second-order valence-electron chi connectivity index (χ2n) is 0. The first-order valence-corrected chi connectivity index (χ1v) is 0. The largest absolute Gasteiger partial charge is 4.00 e. The van der Waals surface area contributed by atoms with E-state index in [0.717, 1.165) is 0 Å². The van der Waals surface area contributed by atoms with Crippen LogP contribution in [0.15, 0.2) is 0 Å². The van der Waals surface area contributed by atoms with E-state index in [-0.39, 0.29) is 80.6 Å². The first-order chi connectivity index (χ1) is 0. The molecule has 0 aromatic heterocycles. The number of hydrogen-bond donors (Lipinski definition) is 0. The molecule has 0 unspecified atom stereocenters. The number of rotatable bonds is 0. The summed E-state index contributed by atoms with van der Waals surface area (Å²) in [6.45, 7) is 0. The van der Waals surface area contributed by atoms with Crippen molar-refractivity contribution in [1.29, 1.82) is 0 Å². The number of hydrogen-bond acceptors (Lipinski definition) is 2. The summed E-state index contributed by atoms with van der Waals surface area (Å²) in [4.78, 5) is 0. The molecular weight excluding hydrogens is 334 g/mol. The summed E-state index contributed by atoms with van der Waals surface area (Å²) in [6.07, 6.45) is 0. The first kappa shape index (κ1) is 60.1. The van der Waals surface area contributed by atoms with Gasteiger partial charge in [0.1, 0.15) is 0 Å². The molecule has 0 aromatic rings. The molecule has 0 saturated heterocycles. The zero-order valence-electron chi connectivity index (χ0n) is 2.15. The minimum atomic E-state index is 0. The Morgan fingerprint density at radius 1 is 0.600 bits per heavy atom. The van der Waals surface area contributed by atoms with E-state index in [0.29, 0.717) is 0 Å². The van der Waals surface area contributed by atoms with Gasteiger partial charge in [0.2, 0.25) is 0 Å². The van der Waals surface area contributed by atoms with Gasteiger partial charge in [0.15, 0.2) is 0 Å². The van der Waals surface area contributed by atoms with E-state index in [4.69, 9.17) is 0 Å². The summed E-state index contributed by atoms with van der Waals surface area (Å²) in [5.41, 5.74) is 0. The van der Waals surface area contributed by atoms with Crippen LogP contribution in [0, 0.1) is 0 Å². The fourth-order valence-corrected chi connectivity index (χ4v) is 0. The maximum absolute atomic E-state index is 0. The van der Waals surface area contributed by atoms with Crippen LogP contribution in [0.2, 0.25) is 0 Å². The monoisotopic (exact) mass is 336 g/mol. The molecule has 2 nitrogen and oxygen atoms in total. The molecular formula is H2I2O2Ti. The summed E-state index contributed by atoms with van der Waals surface area (Å²) in [5.74, 6) is 0. The molecule has 0 bridgehead atoms. The van der Waals surface area contributed by atoms with Gasteiger partial charge >= 0.3 is 21.7 Å². The van der Waals surface area contributed by atoms with Crippen LogP contribution in [0.5, 0.6) is 0 Å². The summed E-state index contributed by atoms with van der Waals surface area (Å²) in [5, 5.41) is 0. The quantitative estimate of drug-likeness (QED) is 0.327. The van der Waals surface area contributed by atoms with Crippen LogP contribution in [0.3, 0.4) is 0 Å². The molecule has 0 radical (unpaired) electrons. The Kier molecular flexibility index (Phi) is 433. The minimum absolute atomic E-state index is 0. The topological polar surface area (TPSA) is 60.0 Å². The van der Waals surface area contributed by atoms with Crippen molar-refractivity contribution in [1.82, 2.24) is 0 Å². The third kappa shape index (κ3) is 23.3. The van der Waals surface area contributed by atoms with Gasteiger partial charge in [0.25, 0.3) is 0 Å². The van der Waals surface area contributed by atoms with Gasteiger partial charge in [-0.25, -0.2) is 0 Å². The molecule has 0 rings (SSSR count). The average Bonchev–Trinajstić information content (AvgIpc) is 0. The number of halogens is 2. The van der Waals surface area contributed by atoms with Crippen LogP contribution in [0.4, 0.5) is 0 Å². The molecule has 0 saturated carbocycles. The molecule has 0 atom stereocenters. The summed E-state index contributed by atoms with van der Waals surface area (Å²) in [6, 6.07) is 0. The third-order valence-electron chi connectivity index (χ3n) is 0. The van der Waals surface area contributed by atoms with Crippen molar-refractivity contribution >= 4 is 0 Å². The molecule has 0 heterocycles. The van der Waals surface area contributed by atoms with Crippen molar-refractivity contribution in [3.05, 3.63) is 0 Å².